The van der Waals surface area contributed by atoms with Crippen molar-refractivity contribution in [2.45, 2.75) is 13.1 Å². The molecule has 0 fully saturated rings. The van der Waals surface area contributed by atoms with Crippen LogP contribution in [0.25, 0.3) is 0 Å². The van der Waals surface area contributed by atoms with Gasteiger partial charge in [0.25, 0.3) is 5.56 Å². The second-order valence-corrected chi connectivity index (χ2v) is 3.64. The Hall–Kier alpha value is -1.31. The fourth-order valence-electron chi connectivity index (χ4n) is 1.15. The first kappa shape index (κ1) is 13.8. The van der Waals surface area contributed by atoms with Gasteiger partial charge in [0, 0.05) is 6.07 Å². The van der Waals surface area contributed by atoms with E-state index in [0.717, 1.165) is 12.1 Å². The van der Waals surface area contributed by atoms with Crippen LogP contribution >= 0.6 is 16.1 Å². The average molecular weight is 314 g/mol. The monoisotopic (exact) mass is 313 g/mol. The zero-order chi connectivity index (χ0) is 13.2. The van der Waals surface area contributed by atoms with Crippen molar-refractivity contribution in [1.82, 2.24) is 3.59 Å². The third-order valence-corrected chi connectivity index (χ3v) is 2.51. The second-order valence-electron chi connectivity index (χ2n) is 2.93. The molecule has 0 saturated carbocycles. The Balaban J connectivity index is 3.46. The van der Waals surface area contributed by atoms with Crippen LogP contribution in [0, 0.1) is 0 Å². The molecular formula is C9H7BrF3NO3. The van der Waals surface area contributed by atoms with Crippen molar-refractivity contribution in [3.05, 3.63) is 33.7 Å². The molecule has 0 radical (unpaired) electrons. The van der Waals surface area contributed by atoms with Crippen LogP contribution in [0.3, 0.4) is 0 Å². The van der Waals surface area contributed by atoms with Crippen LogP contribution in [-0.2, 0) is 10.9 Å². The molecule has 8 heteroatoms. The lowest BCUT2D eigenvalue weighted by atomic mass is 10.2. The average Bonchev–Trinajstić information content (AvgIpc) is 2.20. The van der Waals surface area contributed by atoms with Crippen molar-refractivity contribution < 1.29 is 22.7 Å². The highest BCUT2D eigenvalue weighted by molar-refractivity contribution is 9.08. The number of alkyl halides is 3. The highest BCUT2D eigenvalue weighted by atomic mass is 79.9. The Bertz CT molecular complexity index is 495. The first-order valence-electron chi connectivity index (χ1n) is 4.45. The summed E-state index contributed by atoms with van der Waals surface area (Å²) >= 11 is 2.46. The van der Waals surface area contributed by atoms with Gasteiger partial charge in [0.05, 0.1) is 28.3 Å². The van der Waals surface area contributed by atoms with Crippen molar-refractivity contribution in [3.8, 4) is 0 Å². The Kier molecular flexibility index (Phi) is 3.97. The third kappa shape index (κ3) is 2.87. The van der Waals surface area contributed by atoms with Crippen LogP contribution in [0.5, 0.6) is 0 Å². The predicted molar refractivity (Wildman–Crippen MR) is 56.0 cm³/mol. The van der Waals surface area contributed by atoms with Crippen molar-refractivity contribution >= 4 is 22.1 Å². The van der Waals surface area contributed by atoms with Crippen LogP contribution in [0.2, 0.25) is 0 Å². The summed E-state index contributed by atoms with van der Waals surface area (Å²) in [4.78, 5) is 22.4. The summed E-state index contributed by atoms with van der Waals surface area (Å²) < 4.78 is 42.8. The maximum Gasteiger partial charge on any atom is 0.433 e. The molecule has 0 amide bonds. The number of carbonyl (C=O) groups excluding carboxylic acids is 1. The maximum atomic E-state index is 12.7. The van der Waals surface area contributed by atoms with E-state index in [2.05, 4.69) is 20.9 Å². The summed E-state index contributed by atoms with van der Waals surface area (Å²) in [5.41, 5.74) is -3.02. The smallest absolute Gasteiger partial charge is 0.433 e. The van der Waals surface area contributed by atoms with Gasteiger partial charge < -0.3 is 4.74 Å². The molecule has 0 bridgehead atoms. The summed E-state index contributed by atoms with van der Waals surface area (Å²) in [7, 11) is 0. The molecule has 0 aliphatic carbocycles. The molecule has 1 rings (SSSR count). The molecule has 0 aliphatic heterocycles. The van der Waals surface area contributed by atoms with E-state index in [-0.39, 0.29) is 10.2 Å². The number of nitrogens with zero attached hydrogens (tertiary/aromatic N) is 1. The molecule has 1 heterocycles. The fourth-order valence-corrected chi connectivity index (χ4v) is 1.66. The Labute approximate surface area is 102 Å². The lowest BCUT2D eigenvalue weighted by Gasteiger charge is -2.13. The van der Waals surface area contributed by atoms with E-state index in [0.29, 0.717) is 0 Å². The van der Waals surface area contributed by atoms with Crippen molar-refractivity contribution in [1.29, 1.82) is 0 Å². The van der Waals surface area contributed by atoms with Gasteiger partial charge >= 0.3 is 12.1 Å². The van der Waals surface area contributed by atoms with Crippen LogP contribution in [0.4, 0.5) is 13.2 Å². The quantitative estimate of drug-likeness (QED) is 0.786. The molecular weight excluding hydrogens is 307 g/mol. The van der Waals surface area contributed by atoms with Gasteiger partial charge in [-0.3, -0.25) is 4.79 Å². The van der Waals surface area contributed by atoms with E-state index < -0.39 is 29.0 Å². The second kappa shape index (κ2) is 4.91. The first-order valence-corrected chi connectivity index (χ1v) is 5.16. The predicted octanol–water partition coefficient (Wildman–Crippen LogP) is 2.20. The zero-order valence-electron chi connectivity index (χ0n) is 8.55. The number of rotatable bonds is 2. The third-order valence-electron chi connectivity index (χ3n) is 1.80. The molecule has 17 heavy (non-hydrogen) atoms. The van der Waals surface area contributed by atoms with Gasteiger partial charge in [-0.2, -0.15) is 13.2 Å². The van der Waals surface area contributed by atoms with Gasteiger partial charge in [-0.15, -0.1) is 0 Å². The first-order chi connectivity index (χ1) is 7.79. The number of halogens is 4. The highest BCUT2D eigenvalue weighted by Gasteiger charge is 2.39. The molecule has 4 nitrogen and oxygen atoms in total. The summed E-state index contributed by atoms with van der Waals surface area (Å²) in [5, 5.41) is 0. The van der Waals surface area contributed by atoms with E-state index in [9.17, 15) is 22.8 Å². The van der Waals surface area contributed by atoms with Gasteiger partial charge in [0.1, 0.15) is 0 Å². The molecule has 94 valence electrons. The molecule has 0 aliphatic rings. The molecule has 0 spiro atoms. The summed E-state index contributed by atoms with van der Waals surface area (Å²) in [6.07, 6.45) is -4.84. The van der Waals surface area contributed by atoms with Gasteiger partial charge in [-0.05, 0) is 13.0 Å². The summed E-state index contributed by atoms with van der Waals surface area (Å²) in [6.45, 7) is 1.41. The number of ether oxygens (including phenoxy) is 1. The number of hydrogen-bond donors (Lipinski definition) is 0. The van der Waals surface area contributed by atoms with Crippen LogP contribution in [0.15, 0.2) is 16.9 Å². The molecule has 0 N–H and O–H groups in total. The number of carbonyl (C=O) groups is 1. The molecule has 1 aromatic heterocycles. The lowest BCUT2D eigenvalue weighted by molar-refractivity contribution is -0.142. The van der Waals surface area contributed by atoms with Crippen molar-refractivity contribution in [2.75, 3.05) is 6.61 Å². The Morgan fingerprint density at radius 2 is 2.06 bits per heavy atom. The minimum atomic E-state index is -4.84. The minimum Gasteiger partial charge on any atom is -0.462 e. The van der Waals surface area contributed by atoms with Crippen LogP contribution in [0.1, 0.15) is 23.0 Å². The number of pyridine rings is 1. The van der Waals surface area contributed by atoms with E-state index in [4.69, 9.17) is 0 Å². The standard InChI is InChI=1S/C9H7BrF3NO3/c1-2-17-8(16)5-3-4-6(15)14(10)7(5)9(11,12)13/h3-4H,2H2,1H3. The number of aromatic nitrogens is 1. The van der Waals surface area contributed by atoms with E-state index in [1.165, 1.54) is 6.92 Å². The maximum absolute atomic E-state index is 12.7. The highest BCUT2D eigenvalue weighted by Crippen LogP contribution is 2.32. The molecule has 0 atom stereocenters. The lowest BCUT2D eigenvalue weighted by Crippen LogP contribution is -2.26. The van der Waals surface area contributed by atoms with Gasteiger partial charge in [0.15, 0.2) is 5.69 Å². The largest absolute Gasteiger partial charge is 0.462 e. The summed E-state index contributed by atoms with van der Waals surface area (Å²) in [5.74, 6) is -1.13. The minimum absolute atomic E-state index is 0.0580. The van der Waals surface area contributed by atoms with E-state index in [1.807, 2.05) is 0 Å². The van der Waals surface area contributed by atoms with Crippen molar-refractivity contribution in [3.63, 3.8) is 0 Å². The van der Waals surface area contributed by atoms with E-state index in [1.54, 1.807) is 0 Å². The molecule has 0 unspecified atom stereocenters. The SMILES string of the molecule is CCOC(=O)c1ccc(=O)n(Br)c1C(F)(F)F. The fraction of sp³-hybridized carbons (Fsp3) is 0.333. The molecule has 1 aromatic rings. The van der Waals surface area contributed by atoms with Gasteiger partial charge in [0.2, 0.25) is 0 Å². The van der Waals surface area contributed by atoms with Crippen molar-refractivity contribution in [2.24, 2.45) is 0 Å². The normalized spacial score (nSPS) is 11.4. The summed E-state index contributed by atoms with van der Waals surface area (Å²) in [6, 6.07) is 1.64. The van der Waals surface area contributed by atoms with Gasteiger partial charge in [-0.25, -0.2) is 8.39 Å². The topological polar surface area (TPSA) is 48.3 Å². The van der Waals surface area contributed by atoms with Crippen LogP contribution < -0.4 is 5.56 Å². The molecule has 0 aromatic carbocycles. The Morgan fingerprint density at radius 1 is 1.47 bits per heavy atom. The van der Waals surface area contributed by atoms with E-state index >= 15 is 0 Å². The van der Waals surface area contributed by atoms with Gasteiger partial charge in [-0.1, -0.05) is 0 Å². The Morgan fingerprint density at radius 3 is 2.53 bits per heavy atom. The van der Waals surface area contributed by atoms with Crippen LogP contribution in [-0.4, -0.2) is 16.2 Å². The zero-order valence-corrected chi connectivity index (χ0v) is 10.1. The number of hydrogen-bond acceptors (Lipinski definition) is 3. The number of esters is 1. The molecule has 0 saturated heterocycles.